The first kappa shape index (κ1) is 35.4. The quantitative estimate of drug-likeness (QED) is 0.154. The van der Waals surface area contributed by atoms with Crippen molar-refractivity contribution in [3.8, 4) is 5.75 Å². The number of nitrogens with one attached hydrogen (secondary N) is 1. The minimum Gasteiger partial charge on any atom is -0.497 e. The number of halogens is 2. The number of amides is 2. The molecule has 0 aromatic heterocycles. The average molecular weight is 753 g/mol. The summed E-state index contributed by atoms with van der Waals surface area (Å²) in [7, 11) is -2.75. The van der Waals surface area contributed by atoms with E-state index in [-0.39, 0.29) is 35.5 Å². The SMILES string of the molecule is COc1ccc(S(=O)(=O)N(CC(=O)N(Cc2cccc(Br)c2)[C@H](Cc2ccccc2)C(=O)NC2CCCCC2)c2ccc(Cl)cc2)cc1. The predicted octanol–water partition coefficient (Wildman–Crippen LogP) is 7.40. The monoisotopic (exact) mass is 751 g/mol. The summed E-state index contributed by atoms with van der Waals surface area (Å²) in [6.45, 7) is -0.461. The van der Waals surface area contributed by atoms with Crippen LogP contribution < -0.4 is 14.4 Å². The van der Waals surface area contributed by atoms with Crippen molar-refractivity contribution in [1.82, 2.24) is 10.2 Å². The van der Waals surface area contributed by atoms with Crippen molar-refractivity contribution in [2.75, 3.05) is 18.0 Å². The molecule has 1 aliphatic carbocycles. The second-order valence-electron chi connectivity index (χ2n) is 11.9. The van der Waals surface area contributed by atoms with E-state index < -0.39 is 28.5 Å². The minimum atomic E-state index is -4.25. The maximum Gasteiger partial charge on any atom is 0.264 e. The second kappa shape index (κ2) is 16.5. The highest BCUT2D eigenvalue weighted by molar-refractivity contribution is 9.10. The number of rotatable bonds is 13. The largest absolute Gasteiger partial charge is 0.497 e. The van der Waals surface area contributed by atoms with Crippen molar-refractivity contribution in [1.29, 1.82) is 0 Å². The highest BCUT2D eigenvalue weighted by Gasteiger charge is 2.35. The zero-order chi connectivity index (χ0) is 34.1. The third-order valence-corrected chi connectivity index (χ3v) is 11.0. The van der Waals surface area contributed by atoms with Crippen molar-refractivity contribution >= 4 is 55.1 Å². The molecule has 0 saturated heterocycles. The molecule has 11 heteroatoms. The van der Waals surface area contributed by atoms with Gasteiger partial charge in [-0.3, -0.25) is 13.9 Å². The van der Waals surface area contributed by atoms with E-state index in [1.807, 2.05) is 54.6 Å². The first-order chi connectivity index (χ1) is 23.1. The van der Waals surface area contributed by atoms with Gasteiger partial charge in [0.2, 0.25) is 11.8 Å². The third kappa shape index (κ3) is 9.18. The van der Waals surface area contributed by atoms with Crippen molar-refractivity contribution < 1.29 is 22.7 Å². The van der Waals surface area contributed by atoms with Gasteiger partial charge in [-0.15, -0.1) is 0 Å². The van der Waals surface area contributed by atoms with Gasteiger partial charge >= 0.3 is 0 Å². The number of methoxy groups -OCH3 is 1. The fourth-order valence-electron chi connectivity index (χ4n) is 5.94. The van der Waals surface area contributed by atoms with Crippen LogP contribution in [0.1, 0.15) is 43.2 Å². The van der Waals surface area contributed by atoms with E-state index in [0.717, 1.165) is 52.0 Å². The van der Waals surface area contributed by atoms with E-state index >= 15 is 0 Å². The van der Waals surface area contributed by atoms with Crippen LogP contribution in [0, 0.1) is 0 Å². The molecule has 252 valence electrons. The number of carbonyl (C=O) groups is 2. The molecule has 0 bridgehead atoms. The summed E-state index contributed by atoms with van der Waals surface area (Å²) >= 11 is 9.69. The Morgan fingerprint density at radius 2 is 1.56 bits per heavy atom. The van der Waals surface area contributed by atoms with Gasteiger partial charge in [0.25, 0.3) is 10.0 Å². The van der Waals surface area contributed by atoms with Gasteiger partial charge < -0.3 is 15.0 Å². The predicted molar refractivity (Wildman–Crippen MR) is 193 cm³/mol. The van der Waals surface area contributed by atoms with Crippen LogP contribution in [0.2, 0.25) is 5.02 Å². The molecule has 5 rings (SSSR count). The first-order valence-electron chi connectivity index (χ1n) is 15.9. The van der Waals surface area contributed by atoms with Gasteiger partial charge in [0.05, 0.1) is 17.7 Å². The molecule has 0 radical (unpaired) electrons. The molecule has 8 nitrogen and oxygen atoms in total. The summed E-state index contributed by atoms with van der Waals surface area (Å²) in [5.74, 6) is -0.289. The molecule has 1 N–H and O–H groups in total. The van der Waals surface area contributed by atoms with Gasteiger partial charge in [-0.25, -0.2) is 8.42 Å². The molecular weight excluding hydrogens is 714 g/mol. The highest BCUT2D eigenvalue weighted by Crippen LogP contribution is 2.28. The lowest BCUT2D eigenvalue weighted by Gasteiger charge is -2.35. The average Bonchev–Trinajstić information content (AvgIpc) is 3.10. The maximum absolute atomic E-state index is 14.7. The Labute approximate surface area is 296 Å². The minimum absolute atomic E-state index is 0.0135. The van der Waals surface area contributed by atoms with E-state index in [9.17, 15) is 18.0 Å². The lowest BCUT2D eigenvalue weighted by molar-refractivity contribution is -0.140. The van der Waals surface area contributed by atoms with Crippen molar-refractivity contribution in [3.05, 3.63) is 124 Å². The molecule has 0 spiro atoms. The Morgan fingerprint density at radius 1 is 0.896 bits per heavy atom. The fourth-order valence-corrected chi connectivity index (χ4v) is 7.93. The van der Waals surface area contributed by atoms with Crippen molar-refractivity contribution in [2.45, 2.75) is 62.0 Å². The molecule has 1 saturated carbocycles. The molecule has 48 heavy (non-hydrogen) atoms. The molecular formula is C37H39BrClN3O5S. The third-order valence-electron chi connectivity index (χ3n) is 8.51. The Bertz CT molecular complexity index is 1780. The van der Waals surface area contributed by atoms with Crippen molar-refractivity contribution in [3.63, 3.8) is 0 Å². The highest BCUT2D eigenvalue weighted by atomic mass is 79.9. The maximum atomic E-state index is 14.7. The van der Waals surface area contributed by atoms with Crippen LogP contribution in [0.5, 0.6) is 5.75 Å². The zero-order valence-electron chi connectivity index (χ0n) is 26.7. The Balaban J connectivity index is 1.56. The molecule has 4 aromatic carbocycles. The molecule has 1 atom stereocenters. The van der Waals surface area contributed by atoms with Gasteiger partial charge in [-0.1, -0.05) is 89.3 Å². The van der Waals surface area contributed by atoms with Crippen LogP contribution in [0.15, 0.2) is 112 Å². The summed E-state index contributed by atoms with van der Waals surface area (Å²) in [4.78, 5) is 30.4. The van der Waals surface area contributed by atoms with Crippen LogP contribution in [-0.2, 0) is 32.6 Å². The van der Waals surface area contributed by atoms with Gasteiger partial charge in [-0.05, 0) is 84.6 Å². The zero-order valence-corrected chi connectivity index (χ0v) is 29.9. The van der Waals surface area contributed by atoms with Crippen LogP contribution in [-0.4, -0.2) is 50.9 Å². The van der Waals surface area contributed by atoms with E-state index in [1.165, 1.54) is 24.1 Å². The normalized spacial score (nSPS) is 14.1. The number of nitrogens with zero attached hydrogens (tertiary/aromatic N) is 2. The number of sulfonamides is 1. The number of benzene rings is 4. The van der Waals surface area contributed by atoms with E-state index in [0.29, 0.717) is 10.8 Å². The first-order valence-corrected chi connectivity index (χ1v) is 18.6. The lowest BCUT2D eigenvalue weighted by Crippen LogP contribution is -2.55. The Kier molecular flexibility index (Phi) is 12.2. The summed E-state index contributed by atoms with van der Waals surface area (Å²) in [6, 6.07) is 28.5. The molecule has 0 heterocycles. The number of anilines is 1. The standard InChI is InChI=1S/C37H39BrClN3O5S/c1-47-33-19-21-34(22-20-33)48(45,46)42(32-17-15-30(39)16-18-32)26-36(43)41(25-28-11-8-12-29(38)23-28)35(24-27-9-4-2-5-10-27)37(44)40-31-13-6-3-7-14-31/h2,4-5,8-12,15-23,31,35H,3,6-7,13-14,24-26H2,1H3,(H,40,44)/t35-/m1/s1. The Morgan fingerprint density at radius 3 is 2.21 bits per heavy atom. The van der Waals surface area contributed by atoms with Crippen LogP contribution >= 0.6 is 27.5 Å². The smallest absolute Gasteiger partial charge is 0.264 e. The fraction of sp³-hybridized carbons (Fsp3) is 0.297. The van der Waals surface area contributed by atoms with Gasteiger partial charge in [0.1, 0.15) is 18.3 Å². The summed E-state index contributed by atoms with van der Waals surface area (Å²) in [5, 5.41) is 3.65. The molecule has 4 aromatic rings. The Hall–Kier alpha value is -3.86. The summed E-state index contributed by atoms with van der Waals surface area (Å²) in [5.41, 5.74) is 1.93. The van der Waals surface area contributed by atoms with Crippen LogP contribution in [0.3, 0.4) is 0 Å². The van der Waals surface area contributed by atoms with Gasteiger partial charge in [0.15, 0.2) is 0 Å². The topological polar surface area (TPSA) is 96.0 Å². The number of carbonyl (C=O) groups excluding carboxylic acids is 2. The van der Waals surface area contributed by atoms with E-state index in [2.05, 4.69) is 21.2 Å². The summed E-state index contributed by atoms with van der Waals surface area (Å²) < 4.78 is 35.6. The molecule has 2 amide bonds. The van der Waals surface area contributed by atoms with Gasteiger partial charge in [0, 0.05) is 28.5 Å². The lowest BCUT2D eigenvalue weighted by atomic mass is 9.94. The molecule has 0 aliphatic heterocycles. The van der Waals surface area contributed by atoms with Crippen LogP contribution in [0.4, 0.5) is 5.69 Å². The number of ether oxygens (including phenoxy) is 1. The molecule has 1 fully saturated rings. The summed E-state index contributed by atoms with van der Waals surface area (Å²) in [6.07, 6.45) is 5.23. The second-order valence-corrected chi connectivity index (χ2v) is 15.1. The van der Waals surface area contributed by atoms with Crippen molar-refractivity contribution in [2.24, 2.45) is 0 Å². The number of hydrogen-bond acceptors (Lipinski definition) is 5. The van der Waals surface area contributed by atoms with Gasteiger partial charge in [-0.2, -0.15) is 0 Å². The molecule has 1 aliphatic rings. The number of hydrogen-bond donors (Lipinski definition) is 1. The molecule has 0 unspecified atom stereocenters. The van der Waals surface area contributed by atoms with Crippen LogP contribution in [0.25, 0.3) is 0 Å². The van der Waals surface area contributed by atoms with E-state index in [1.54, 1.807) is 36.4 Å². The van der Waals surface area contributed by atoms with E-state index in [4.69, 9.17) is 16.3 Å².